The molecule has 6 nitrogen and oxygen atoms in total. The van der Waals surface area contributed by atoms with E-state index in [1.807, 2.05) is 58.4 Å². The fraction of sp³-hybridized carbons (Fsp3) is 0.0588. The Morgan fingerprint density at radius 1 is 1.25 bits per heavy atom. The van der Waals surface area contributed by atoms with Crippen molar-refractivity contribution in [1.82, 2.24) is 9.58 Å². The minimum Gasteiger partial charge on any atom is -0.480 e. The summed E-state index contributed by atoms with van der Waals surface area (Å²) in [7, 11) is 0. The summed E-state index contributed by atoms with van der Waals surface area (Å²) in [6.45, 7) is -0.403. The number of aliphatic carboxylic acids is 1. The third-order valence-corrected chi connectivity index (χ3v) is 4.62. The molecular weight excluding hydrogens is 326 g/mol. The van der Waals surface area contributed by atoms with E-state index in [9.17, 15) is 9.59 Å². The van der Waals surface area contributed by atoms with Crippen LogP contribution in [-0.2, 0) is 9.59 Å². The summed E-state index contributed by atoms with van der Waals surface area (Å²) < 4.78 is 2.87. The maximum atomic E-state index is 11.5. The molecule has 0 fully saturated rings. The van der Waals surface area contributed by atoms with Crippen LogP contribution in [-0.4, -0.2) is 39.0 Å². The molecule has 1 aliphatic heterocycles. The number of carboxylic acid groups (broad SMARTS) is 1. The number of thiophene rings is 1. The highest BCUT2D eigenvalue weighted by Crippen LogP contribution is 2.33. The Bertz CT molecular complexity index is 1030. The molecule has 24 heavy (non-hydrogen) atoms. The van der Waals surface area contributed by atoms with Gasteiger partial charge in [0, 0.05) is 5.56 Å². The number of nitrogens with zero attached hydrogens (tertiary/aromatic N) is 3. The molecule has 0 bridgehead atoms. The number of fused-ring (bicyclic) bond motifs is 3. The summed E-state index contributed by atoms with van der Waals surface area (Å²) >= 11 is 1.55. The van der Waals surface area contributed by atoms with E-state index >= 15 is 0 Å². The summed E-state index contributed by atoms with van der Waals surface area (Å²) in [5.74, 6) is 1.36. The third-order valence-electron chi connectivity index (χ3n) is 3.76. The predicted molar refractivity (Wildman–Crippen MR) is 91.6 cm³/mol. The van der Waals surface area contributed by atoms with Crippen molar-refractivity contribution in [3.8, 4) is 0 Å². The van der Waals surface area contributed by atoms with E-state index in [1.54, 1.807) is 11.3 Å². The first-order chi connectivity index (χ1) is 11.7. The molecule has 3 aromatic rings. The van der Waals surface area contributed by atoms with Gasteiger partial charge in [-0.25, -0.2) is 9.80 Å². The zero-order chi connectivity index (χ0) is 16.7. The van der Waals surface area contributed by atoms with Crippen LogP contribution in [0.5, 0.6) is 0 Å². The Labute approximate surface area is 140 Å². The first-order valence-corrected chi connectivity index (χ1v) is 8.05. The highest BCUT2D eigenvalue weighted by atomic mass is 32.1. The number of hydrogen-bond acceptors (Lipinski definition) is 5. The molecule has 1 aromatic carbocycles. The SMILES string of the molecule is O=C=C1c2cc3sccc3n2C(c2ccccc2)=NN1CC(=O)O. The molecule has 0 spiro atoms. The number of benzene rings is 1. The van der Waals surface area contributed by atoms with E-state index in [0.717, 1.165) is 15.8 Å². The molecule has 4 rings (SSSR count). The van der Waals surface area contributed by atoms with Gasteiger partial charge in [-0.05, 0) is 17.5 Å². The Morgan fingerprint density at radius 2 is 2.04 bits per heavy atom. The van der Waals surface area contributed by atoms with Crippen LogP contribution in [0.1, 0.15) is 11.3 Å². The average Bonchev–Trinajstić information content (AvgIpc) is 3.15. The van der Waals surface area contributed by atoms with Crippen molar-refractivity contribution in [2.75, 3.05) is 6.54 Å². The van der Waals surface area contributed by atoms with Crippen LogP contribution >= 0.6 is 11.3 Å². The number of carbonyl (C=O) groups is 1. The fourth-order valence-corrected chi connectivity index (χ4v) is 3.59. The van der Waals surface area contributed by atoms with Crippen LogP contribution in [0.4, 0.5) is 0 Å². The Morgan fingerprint density at radius 3 is 2.75 bits per heavy atom. The lowest BCUT2D eigenvalue weighted by molar-refractivity contribution is -0.137. The third kappa shape index (κ3) is 2.15. The molecule has 3 heterocycles. The maximum absolute atomic E-state index is 11.5. The number of hydrogen-bond donors (Lipinski definition) is 1. The standard InChI is InChI=1S/C17H11N3O3S/c21-10-14-13-8-15-12(6-7-24-15)20(13)17(11-4-2-1-3-5-11)18-19(14)9-16(22)23/h1-8H,9H2,(H,22,23). The van der Waals surface area contributed by atoms with Gasteiger partial charge >= 0.3 is 5.97 Å². The molecular formula is C17H11N3O3S. The predicted octanol–water partition coefficient (Wildman–Crippen LogP) is 2.49. The van der Waals surface area contributed by atoms with E-state index in [4.69, 9.17) is 5.11 Å². The van der Waals surface area contributed by atoms with Crippen LogP contribution in [0.15, 0.2) is 52.9 Å². The molecule has 1 N–H and O–H groups in total. The number of hydrazone groups is 1. The normalized spacial score (nSPS) is 13.6. The van der Waals surface area contributed by atoms with Crippen molar-refractivity contribution < 1.29 is 14.7 Å². The molecule has 118 valence electrons. The molecule has 0 aliphatic carbocycles. The summed E-state index contributed by atoms with van der Waals surface area (Å²) in [5, 5.41) is 16.7. The molecule has 7 heteroatoms. The van der Waals surface area contributed by atoms with Crippen LogP contribution < -0.4 is 0 Å². The maximum Gasteiger partial charge on any atom is 0.325 e. The number of carbonyl (C=O) groups excluding carboxylic acids is 1. The zero-order valence-corrected chi connectivity index (χ0v) is 13.2. The van der Waals surface area contributed by atoms with E-state index in [1.165, 1.54) is 5.01 Å². The molecule has 0 saturated heterocycles. The summed E-state index contributed by atoms with van der Waals surface area (Å²) in [6.07, 6.45) is 0. The summed E-state index contributed by atoms with van der Waals surface area (Å²) in [4.78, 5) is 22.6. The summed E-state index contributed by atoms with van der Waals surface area (Å²) in [5.41, 5.74) is 2.49. The van der Waals surface area contributed by atoms with Gasteiger partial charge in [-0.3, -0.25) is 9.36 Å². The van der Waals surface area contributed by atoms with Crippen LogP contribution in [0, 0.1) is 0 Å². The second-order valence-electron chi connectivity index (χ2n) is 5.23. The molecule has 0 unspecified atom stereocenters. The van der Waals surface area contributed by atoms with Crippen molar-refractivity contribution in [3.63, 3.8) is 0 Å². The van der Waals surface area contributed by atoms with Gasteiger partial charge < -0.3 is 5.11 Å². The van der Waals surface area contributed by atoms with Crippen molar-refractivity contribution in [2.24, 2.45) is 5.10 Å². The molecule has 0 atom stereocenters. The second-order valence-corrected chi connectivity index (χ2v) is 6.17. The first kappa shape index (κ1) is 14.4. The smallest absolute Gasteiger partial charge is 0.325 e. The Kier molecular flexibility index (Phi) is 3.30. The zero-order valence-electron chi connectivity index (χ0n) is 12.3. The molecule has 2 aromatic heterocycles. The van der Waals surface area contributed by atoms with Gasteiger partial charge in [0.1, 0.15) is 6.54 Å². The van der Waals surface area contributed by atoms with Crippen LogP contribution in [0.25, 0.3) is 15.9 Å². The van der Waals surface area contributed by atoms with Gasteiger partial charge in [0.25, 0.3) is 0 Å². The van der Waals surface area contributed by atoms with Gasteiger partial charge in [0.15, 0.2) is 17.5 Å². The van der Waals surface area contributed by atoms with Gasteiger partial charge in [-0.2, -0.15) is 5.10 Å². The summed E-state index contributed by atoms with van der Waals surface area (Å²) in [6, 6.07) is 13.3. The van der Waals surface area contributed by atoms with Gasteiger partial charge in [0.05, 0.1) is 15.9 Å². The van der Waals surface area contributed by atoms with Gasteiger partial charge in [-0.1, -0.05) is 30.3 Å². The lowest BCUT2D eigenvalue weighted by Gasteiger charge is -2.26. The van der Waals surface area contributed by atoms with E-state index < -0.39 is 12.5 Å². The van der Waals surface area contributed by atoms with Crippen molar-refractivity contribution >= 4 is 45.0 Å². The monoisotopic (exact) mass is 337 g/mol. The first-order valence-electron chi connectivity index (χ1n) is 7.17. The number of carboxylic acids is 1. The minimum absolute atomic E-state index is 0.125. The Hall–Kier alpha value is -3.15. The van der Waals surface area contributed by atoms with E-state index in [2.05, 4.69) is 5.10 Å². The van der Waals surface area contributed by atoms with Crippen LogP contribution in [0.2, 0.25) is 0 Å². The van der Waals surface area contributed by atoms with Crippen molar-refractivity contribution in [1.29, 1.82) is 0 Å². The van der Waals surface area contributed by atoms with Crippen molar-refractivity contribution in [2.45, 2.75) is 0 Å². The number of aromatic nitrogens is 1. The van der Waals surface area contributed by atoms with Crippen molar-refractivity contribution in [3.05, 3.63) is 59.1 Å². The molecule has 1 aliphatic rings. The minimum atomic E-state index is -1.07. The second kappa shape index (κ2) is 5.49. The topological polar surface area (TPSA) is 74.9 Å². The highest BCUT2D eigenvalue weighted by molar-refractivity contribution is 7.17. The van der Waals surface area contributed by atoms with Gasteiger partial charge in [-0.15, -0.1) is 11.3 Å². The number of rotatable bonds is 3. The van der Waals surface area contributed by atoms with Gasteiger partial charge in [0.2, 0.25) is 0 Å². The quantitative estimate of drug-likeness (QED) is 0.745. The van der Waals surface area contributed by atoms with E-state index in [-0.39, 0.29) is 5.70 Å². The largest absolute Gasteiger partial charge is 0.480 e. The van der Waals surface area contributed by atoms with Crippen LogP contribution in [0.3, 0.4) is 0 Å². The molecule has 0 radical (unpaired) electrons. The molecule has 0 amide bonds. The average molecular weight is 337 g/mol. The highest BCUT2D eigenvalue weighted by Gasteiger charge is 2.29. The Balaban J connectivity index is 2.01. The van der Waals surface area contributed by atoms with E-state index in [0.29, 0.717) is 11.5 Å². The lowest BCUT2D eigenvalue weighted by Crippen LogP contribution is -2.33. The molecule has 0 saturated carbocycles. The fourth-order valence-electron chi connectivity index (χ4n) is 2.79. The lowest BCUT2D eigenvalue weighted by atomic mass is 10.2.